The highest BCUT2D eigenvalue weighted by atomic mass is 35.5. The lowest BCUT2D eigenvalue weighted by Gasteiger charge is -2.09. The number of benzene rings is 2. The van der Waals surface area contributed by atoms with E-state index in [1.165, 1.54) is 12.1 Å². The largest absolute Gasteiger partial charge is 0.339 e. The van der Waals surface area contributed by atoms with E-state index in [4.69, 9.17) is 11.6 Å². The molecule has 3 amide bonds. The first-order chi connectivity index (χ1) is 11.8. The SMILES string of the molecule is Cc1cc(Cl)ccc1NC(=O)CNC(=O)C(=O)Nc1ccc(F)cc1. The highest BCUT2D eigenvalue weighted by molar-refractivity contribution is 6.39. The zero-order valence-corrected chi connectivity index (χ0v) is 14.0. The van der Waals surface area contributed by atoms with Crippen LogP contribution in [-0.2, 0) is 14.4 Å². The van der Waals surface area contributed by atoms with Gasteiger partial charge < -0.3 is 16.0 Å². The summed E-state index contributed by atoms with van der Waals surface area (Å²) >= 11 is 5.83. The summed E-state index contributed by atoms with van der Waals surface area (Å²) in [6.45, 7) is 1.40. The molecule has 6 nitrogen and oxygen atoms in total. The van der Waals surface area contributed by atoms with Crippen molar-refractivity contribution in [3.05, 3.63) is 58.9 Å². The van der Waals surface area contributed by atoms with Crippen molar-refractivity contribution in [1.29, 1.82) is 0 Å². The van der Waals surface area contributed by atoms with Gasteiger partial charge in [0.05, 0.1) is 6.54 Å². The molecule has 2 aromatic rings. The van der Waals surface area contributed by atoms with Crippen LogP contribution in [0.25, 0.3) is 0 Å². The van der Waals surface area contributed by atoms with E-state index in [9.17, 15) is 18.8 Å². The van der Waals surface area contributed by atoms with Gasteiger partial charge in [0.2, 0.25) is 5.91 Å². The average Bonchev–Trinajstić information content (AvgIpc) is 2.57. The maximum Gasteiger partial charge on any atom is 0.313 e. The van der Waals surface area contributed by atoms with Crippen LogP contribution in [0.15, 0.2) is 42.5 Å². The van der Waals surface area contributed by atoms with Crippen molar-refractivity contribution in [2.45, 2.75) is 6.92 Å². The lowest BCUT2D eigenvalue weighted by Crippen LogP contribution is -2.39. The van der Waals surface area contributed by atoms with Crippen LogP contribution in [0.4, 0.5) is 15.8 Å². The second kappa shape index (κ2) is 8.25. The third kappa shape index (κ3) is 5.58. The van der Waals surface area contributed by atoms with Crippen LogP contribution < -0.4 is 16.0 Å². The minimum atomic E-state index is -0.979. The maximum absolute atomic E-state index is 12.8. The van der Waals surface area contributed by atoms with Gasteiger partial charge in [-0.3, -0.25) is 14.4 Å². The molecule has 0 saturated carbocycles. The summed E-state index contributed by atoms with van der Waals surface area (Å²) in [7, 11) is 0. The average molecular weight is 364 g/mol. The second-order valence-electron chi connectivity index (χ2n) is 5.15. The van der Waals surface area contributed by atoms with Gasteiger partial charge in [-0.2, -0.15) is 0 Å². The topological polar surface area (TPSA) is 87.3 Å². The fourth-order valence-corrected chi connectivity index (χ4v) is 2.15. The van der Waals surface area contributed by atoms with Crippen LogP contribution in [0.5, 0.6) is 0 Å². The number of carbonyl (C=O) groups excluding carboxylic acids is 3. The van der Waals surface area contributed by atoms with Crippen LogP contribution in [0.3, 0.4) is 0 Å². The molecule has 0 spiro atoms. The highest BCUT2D eigenvalue weighted by Gasteiger charge is 2.15. The first-order valence-electron chi connectivity index (χ1n) is 7.26. The Labute approximate surface area is 148 Å². The number of nitrogens with one attached hydrogen (secondary N) is 3. The van der Waals surface area contributed by atoms with Crippen molar-refractivity contribution in [2.24, 2.45) is 0 Å². The predicted octanol–water partition coefficient (Wildman–Crippen LogP) is 2.48. The smallest absolute Gasteiger partial charge is 0.313 e. The summed E-state index contributed by atoms with van der Waals surface area (Å²) in [4.78, 5) is 35.2. The predicted molar refractivity (Wildman–Crippen MR) is 92.9 cm³/mol. The molecule has 25 heavy (non-hydrogen) atoms. The Morgan fingerprint density at radius 1 is 1.00 bits per heavy atom. The zero-order valence-electron chi connectivity index (χ0n) is 13.2. The van der Waals surface area contributed by atoms with Gasteiger partial charge in [-0.05, 0) is 55.0 Å². The maximum atomic E-state index is 12.8. The van der Waals surface area contributed by atoms with E-state index < -0.39 is 23.5 Å². The summed E-state index contributed by atoms with van der Waals surface area (Å²) in [6, 6.07) is 9.88. The Hall–Kier alpha value is -2.93. The van der Waals surface area contributed by atoms with E-state index in [0.717, 1.165) is 17.7 Å². The number of anilines is 2. The Morgan fingerprint density at radius 3 is 2.32 bits per heavy atom. The van der Waals surface area contributed by atoms with Crippen LogP contribution in [-0.4, -0.2) is 24.3 Å². The minimum absolute atomic E-state index is 0.266. The van der Waals surface area contributed by atoms with E-state index >= 15 is 0 Å². The van der Waals surface area contributed by atoms with Gasteiger partial charge in [0.25, 0.3) is 0 Å². The van der Waals surface area contributed by atoms with Gasteiger partial charge in [0, 0.05) is 16.4 Å². The summed E-state index contributed by atoms with van der Waals surface area (Å²) < 4.78 is 12.8. The van der Waals surface area contributed by atoms with Crippen molar-refractivity contribution in [1.82, 2.24) is 5.32 Å². The van der Waals surface area contributed by atoms with E-state index in [-0.39, 0.29) is 12.2 Å². The molecule has 0 radical (unpaired) electrons. The third-order valence-corrected chi connectivity index (χ3v) is 3.42. The molecule has 0 heterocycles. The molecule has 0 bridgehead atoms. The van der Waals surface area contributed by atoms with E-state index in [2.05, 4.69) is 16.0 Å². The molecule has 2 aromatic carbocycles. The van der Waals surface area contributed by atoms with Crippen molar-refractivity contribution in [3.8, 4) is 0 Å². The Morgan fingerprint density at radius 2 is 1.68 bits per heavy atom. The molecule has 8 heteroatoms. The van der Waals surface area contributed by atoms with Crippen LogP contribution >= 0.6 is 11.6 Å². The summed E-state index contributed by atoms with van der Waals surface area (Å²) in [5.74, 6) is -2.89. The Kier molecular flexibility index (Phi) is 6.08. The zero-order chi connectivity index (χ0) is 18.4. The molecule has 0 aliphatic heterocycles. The molecule has 0 atom stereocenters. The molecule has 0 aliphatic carbocycles. The van der Waals surface area contributed by atoms with Crippen LogP contribution in [0.2, 0.25) is 5.02 Å². The summed E-state index contributed by atoms with van der Waals surface area (Å²) in [6.07, 6.45) is 0. The number of hydrogen-bond acceptors (Lipinski definition) is 3. The third-order valence-electron chi connectivity index (χ3n) is 3.18. The molecule has 0 saturated heterocycles. The van der Waals surface area contributed by atoms with Crippen molar-refractivity contribution >= 4 is 40.7 Å². The molecule has 0 aromatic heterocycles. The number of hydrogen-bond donors (Lipinski definition) is 3. The highest BCUT2D eigenvalue weighted by Crippen LogP contribution is 2.19. The molecule has 0 aliphatic rings. The quantitative estimate of drug-likeness (QED) is 0.729. The molecule has 0 fully saturated rings. The normalized spacial score (nSPS) is 10.0. The fourth-order valence-electron chi connectivity index (χ4n) is 1.92. The number of halogens is 2. The standard InChI is InChI=1S/C17H15ClFN3O3/c1-10-8-11(18)2-7-14(10)22-15(23)9-20-16(24)17(25)21-13-5-3-12(19)4-6-13/h2-8H,9H2,1H3,(H,20,24)(H,21,25)(H,22,23). The molecule has 130 valence electrons. The van der Waals surface area contributed by atoms with Gasteiger partial charge in [-0.25, -0.2) is 4.39 Å². The lowest BCUT2D eigenvalue weighted by molar-refractivity contribution is -0.136. The van der Waals surface area contributed by atoms with E-state index in [0.29, 0.717) is 10.7 Å². The lowest BCUT2D eigenvalue weighted by atomic mass is 10.2. The molecular formula is C17H15ClFN3O3. The number of amides is 3. The Balaban J connectivity index is 1.83. The fraction of sp³-hybridized carbons (Fsp3) is 0.118. The number of rotatable bonds is 4. The molecule has 0 unspecified atom stereocenters. The van der Waals surface area contributed by atoms with Gasteiger partial charge in [-0.15, -0.1) is 0 Å². The van der Waals surface area contributed by atoms with E-state index in [1.54, 1.807) is 25.1 Å². The minimum Gasteiger partial charge on any atom is -0.339 e. The van der Waals surface area contributed by atoms with Crippen molar-refractivity contribution in [2.75, 3.05) is 17.2 Å². The van der Waals surface area contributed by atoms with Crippen LogP contribution in [0, 0.1) is 12.7 Å². The second-order valence-corrected chi connectivity index (χ2v) is 5.59. The van der Waals surface area contributed by atoms with Gasteiger partial charge >= 0.3 is 11.8 Å². The van der Waals surface area contributed by atoms with Crippen molar-refractivity contribution < 1.29 is 18.8 Å². The van der Waals surface area contributed by atoms with Crippen LogP contribution in [0.1, 0.15) is 5.56 Å². The first-order valence-corrected chi connectivity index (χ1v) is 7.63. The first kappa shape index (κ1) is 18.4. The number of carbonyl (C=O) groups is 3. The van der Waals surface area contributed by atoms with E-state index in [1.807, 2.05) is 0 Å². The molecule has 2 rings (SSSR count). The summed E-state index contributed by atoms with van der Waals surface area (Å²) in [5, 5.41) is 7.64. The monoisotopic (exact) mass is 363 g/mol. The molecular weight excluding hydrogens is 349 g/mol. The van der Waals surface area contributed by atoms with Gasteiger partial charge in [0.15, 0.2) is 0 Å². The Bertz CT molecular complexity index is 809. The van der Waals surface area contributed by atoms with Crippen molar-refractivity contribution in [3.63, 3.8) is 0 Å². The van der Waals surface area contributed by atoms with Gasteiger partial charge in [0.1, 0.15) is 5.82 Å². The van der Waals surface area contributed by atoms with Gasteiger partial charge in [-0.1, -0.05) is 11.6 Å². The molecule has 3 N–H and O–H groups in total. The summed E-state index contributed by atoms with van der Waals surface area (Å²) in [5.41, 5.74) is 1.59. The number of aryl methyl sites for hydroxylation is 1.